The van der Waals surface area contributed by atoms with Gasteiger partial charge in [-0.3, -0.25) is 0 Å². The predicted molar refractivity (Wildman–Crippen MR) is 58.0 cm³/mol. The lowest BCUT2D eigenvalue weighted by Crippen LogP contribution is -1.95. The van der Waals surface area contributed by atoms with Crippen LogP contribution < -0.4 is 5.73 Å². The SMILES string of the molecule is Nc1cnn(-c2cccc(Cl)c2Cl)c1. The molecule has 1 aromatic carbocycles. The number of halogens is 2. The lowest BCUT2D eigenvalue weighted by Gasteiger charge is -2.04. The molecule has 14 heavy (non-hydrogen) atoms. The van der Waals surface area contributed by atoms with Gasteiger partial charge in [-0.15, -0.1) is 0 Å². The van der Waals surface area contributed by atoms with Gasteiger partial charge in [0.15, 0.2) is 0 Å². The number of aromatic nitrogens is 2. The van der Waals surface area contributed by atoms with Crippen molar-refractivity contribution in [2.24, 2.45) is 0 Å². The van der Waals surface area contributed by atoms with E-state index in [0.29, 0.717) is 15.7 Å². The average molecular weight is 228 g/mol. The molecule has 0 spiro atoms. The first kappa shape index (κ1) is 9.37. The summed E-state index contributed by atoms with van der Waals surface area (Å²) >= 11 is 11.9. The minimum absolute atomic E-state index is 0.470. The fourth-order valence-corrected chi connectivity index (χ4v) is 1.52. The fraction of sp³-hybridized carbons (Fsp3) is 0. The Hall–Kier alpha value is -1.19. The van der Waals surface area contributed by atoms with E-state index in [1.165, 1.54) is 0 Å². The summed E-state index contributed by atoms with van der Waals surface area (Å²) in [5.41, 5.74) is 6.85. The van der Waals surface area contributed by atoms with Gasteiger partial charge in [-0.1, -0.05) is 29.3 Å². The second-order valence-corrected chi connectivity index (χ2v) is 3.58. The van der Waals surface area contributed by atoms with Gasteiger partial charge in [-0.2, -0.15) is 5.10 Å². The van der Waals surface area contributed by atoms with Crippen LogP contribution in [0.1, 0.15) is 0 Å². The quantitative estimate of drug-likeness (QED) is 0.815. The van der Waals surface area contributed by atoms with E-state index >= 15 is 0 Å². The number of benzene rings is 1. The Balaban J connectivity index is 2.57. The van der Waals surface area contributed by atoms with E-state index in [-0.39, 0.29) is 0 Å². The molecular weight excluding hydrogens is 221 g/mol. The topological polar surface area (TPSA) is 43.8 Å². The van der Waals surface area contributed by atoms with Gasteiger partial charge < -0.3 is 5.73 Å². The molecule has 1 aromatic heterocycles. The molecule has 0 atom stereocenters. The highest BCUT2D eigenvalue weighted by Crippen LogP contribution is 2.28. The molecule has 1 heterocycles. The molecule has 0 fully saturated rings. The van der Waals surface area contributed by atoms with Gasteiger partial charge in [0.25, 0.3) is 0 Å². The van der Waals surface area contributed by atoms with Crippen molar-refractivity contribution >= 4 is 28.9 Å². The minimum atomic E-state index is 0.470. The fourth-order valence-electron chi connectivity index (χ4n) is 1.14. The maximum absolute atomic E-state index is 6.00. The van der Waals surface area contributed by atoms with Crippen molar-refractivity contribution < 1.29 is 0 Å². The highest BCUT2D eigenvalue weighted by molar-refractivity contribution is 6.43. The summed E-state index contributed by atoms with van der Waals surface area (Å²) in [6, 6.07) is 5.35. The molecule has 0 radical (unpaired) electrons. The van der Waals surface area contributed by atoms with E-state index in [1.807, 2.05) is 6.07 Å². The van der Waals surface area contributed by atoms with Gasteiger partial charge in [0.05, 0.1) is 33.8 Å². The summed E-state index contributed by atoms with van der Waals surface area (Å²) in [7, 11) is 0. The summed E-state index contributed by atoms with van der Waals surface area (Å²) in [4.78, 5) is 0. The molecule has 0 aliphatic heterocycles. The molecule has 0 aliphatic rings. The maximum Gasteiger partial charge on any atom is 0.0849 e. The van der Waals surface area contributed by atoms with Crippen molar-refractivity contribution in [3.05, 3.63) is 40.6 Å². The highest BCUT2D eigenvalue weighted by atomic mass is 35.5. The molecule has 72 valence electrons. The second-order valence-electron chi connectivity index (χ2n) is 2.79. The van der Waals surface area contributed by atoms with Crippen LogP contribution in [0, 0.1) is 0 Å². The molecule has 0 saturated heterocycles. The Labute approximate surface area is 91.0 Å². The van der Waals surface area contributed by atoms with Crippen LogP contribution in [0.5, 0.6) is 0 Å². The van der Waals surface area contributed by atoms with Crippen molar-refractivity contribution in [3.8, 4) is 5.69 Å². The van der Waals surface area contributed by atoms with E-state index < -0.39 is 0 Å². The number of hydrogen-bond acceptors (Lipinski definition) is 2. The minimum Gasteiger partial charge on any atom is -0.396 e. The number of nitrogen functional groups attached to an aromatic ring is 1. The molecule has 0 saturated carbocycles. The van der Waals surface area contributed by atoms with Crippen LogP contribution in [-0.2, 0) is 0 Å². The maximum atomic E-state index is 6.00. The lowest BCUT2D eigenvalue weighted by molar-refractivity contribution is 0.881. The standard InChI is InChI=1S/C9H7Cl2N3/c10-7-2-1-3-8(9(7)11)14-5-6(12)4-13-14/h1-5H,12H2. The van der Waals surface area contributed by atoms with Gasteiger partial charge in [-0.05, 0) is 12.1 Å². The van der Waals surface area contributed by atoms with Crippen LogP contribution in [0.15, 0.2) is 30.6 Å². The Bertz CT molecular complexity index is 465. The Kier molecular flexibility index (Phi) is 2.35. The zero-order valence-corrected chi connectivity index (χ0v) is 8.63. The zero-order valence-electron chi connectivity index (χ0n) is 7.11. The number of hydrogen-bond donors (Lipinski definition) is 1. The summed E-state index contributed by atoms with van der Waals surface area (Å²) in [5, 5.41) is 5.00. The molecule has 2 N–H and O–H groups in total. The molecule has 2 aromatic rings. The van der Waals surface area contributed by atoms with Crippen molar-refractivity contribution in [2.75, 3.05) is 5.73 Å². The monoisotopic (exact) mass is 227 g/mol. The Morgan fingerprint density at radius 2 is 2.07 bits per heavy atom. The van der Waals surface area contributed by atoms with Crippen LogP contribution in [0.25, 0.3) is 5.69 Å². The van der Waals surface area contributed by atoms with Crippen LogP contribution in [0.3, 0.4) is 0 Å². The van der Waals surface area contributed by atoms with E-state index in [2.05, 4.69) is 5.10 Å². The average Bonchev–Trinajstić information content (AvgIpc) is 2.57. The van der Waals surface area contributed by atoms with Gasteiger partial charge >= 0.3 is 0 Å². The molecule has 0 unspecified atom stereocenters. The highest BCUT2D eigenvalue weighted by Gasteiger charge is 2.06. The van der Waals surface area contributed by atoms with Gasteiger partial charge in [-0.25, -0.2) is 4.68 Å². The van der Waals surface area contributed by atoms with E-state index in [1.54, 1.807) is 29.2 Å². The molecule has 0 amide bonds. The molecular formula is C9H7Cl2N3. The Morgan fingerprint density at radius 1 is 1.29 bits per heavy atom. The van der Waals surface area contributed by atoms with Gasteiger partial charge in [0.2, 0.25) is 0 Å². The molecule has 0 aliphatic carbocycles. The largest absolute Gasteiger partial charge is 0.396 e. The predicted octanol–water partition coefficient (Wildman–Crippen LogP) is 2.76. The summed E-state index contributed by atoms with van der Waals surface area (Å²) in [6.45, 7) is 0. The van der Waals surface area contributed by atoms with Crippen LogP contribution in [0.4, 0.5) is 5.69 Å². The van der Waals surface area contributed by atoms with E-state index in [4.69, 9.17) is 28.9 Å². The van der Waals surface area contributed by atoms with Crippen molar-refractivity contribution in [3.63, 3.8) is 0 Å². The number of nitrogens with two attached hydrogens (primary N) is 1. The molecule has 3 nitrogen and oxygen atoms in total. The normalized spacial score (nSPS) is 10.4. The molecule has 5 heteroatoms. The van der Waals surface area contributed by atoms with Crippen molar-refractivity contribution in [1.82, 2.24) is 9.78 Å². The Morgan fingerprint density at radius 3 is 2.71 bits per heavy atom. The summed E-state index contributed by atoms with van der Waals surface area (Å²) in [5.74, 6) is 0. The zero-order chi connectivity index (χ0) is 10.1. The van der Waals surface area contributed by atoms with Crippen molar-refractivity contribution in [2.45, 2.75) is 0 Å². The van der Waals surface area contributed by atoms with Crippen molar-refractivity contribution in [1.29, 1.82) is 0 Å². The van der Waals surface area contributed by atoms with E-state index in [9.17, 15) is 0 Å². The summed E-state index contributed by atoms with van der Waals surface area (Å²) < 4.78 is 1.59. The third-order valence-electron chi connectivity index (χ3n) is 1.78. The summed E-state index contributed by atoms with van der Waals surface area (Å²) in [6.07, 6.45) is 3.23. The van der Waals surface area contributed by atoms with Crippen LogP contribution in [-0.4, -0.2) is 9.78 Å². The van der Waals surface area contributed by atoms with E-state index in [0.717, 1.165) is 5.69 Å². The first-order valence-corrected chi connectivity index (χ1v) is 4.68. The number of anilines is 1. The lowest BCUT2D eigenvalue weighted by atomic mass is 10.3. The third-order valence-corrected chi connectivity index (χ3v) is 2.59. The van der Waals surface area contributed by atoms with Crippen LogP contribution >= 0.6 is 23.2 Å². The van der Waals surface area contributed by atoms with Crippen LogP contribution in [0.2, 0.25) is 10.0 Å². The first-order valence-electron chi connectivity index (χ1n) is 3.93. The smallest absolute Gasteiger partial charge is 0.0849 e. The number of rotatable bonds is 1. The second kappa shape index (κ2) is 3.52. The number of nitrogens with zero attached hydrogens (tertiary/aromatic N) is 2. The van der Waals surface area contributed by atoms with Gasteiger partial charge in [0, 0.05) is 0 Å². The third kappa shape index (κ3) is 1.56. The molecule has 2 rings (SSSR count). The first-order chi connectivity index (χ1) is 6.68. The van der Waals surface area contributed by atoms with Gasteiger partial charge in [0.1, 0.15) is 0 Å². The molecule has 0 bridgehead atoms.